The van der Waals surface area contributed by atoms with Crippen LogP contribution in [0.1, 0.15) is 0 Å². The molecule has 0 aliphatic carbocycles. The Morgan fingerprint density at radius 3 is 2.75 bits per heavy atom. The fourth-order valence-electron chi connectivity index (χ4n) is 0.315. The third-order valence-electron chi connectivity index (χ3n) is 0.592. The minimum Gasteiger partial charge on any atom is -0.231 e. The standard InChI is InChI=1S/C4H2BrIN2/c5-4-7-2-1-3(6)8-4/h1-2H. The van der Waals surface area contributed by atoms with E-state index >= 15 is 0 Å². The first-order valence-corrected chi connectivity index (χ1v) is 3.80. The van der Waals surface area contributed by atoms with Gasteiger partial charge in [0, 0.05) is 6.20 Å². The molecule has 0 N–H and O–H groups in total. The van der Waals surface area contributed by atoms with E-state index in [0.717, 1.165) is 3.70 Å². The maximum absolute atomic E-state index is 3.97. The van der Waals surface area contributed by atoms with E-state index in [1.165, 1.54) is 0 Å². The summed E-state index contributed by atoms with van der Waals surface area (Å²) in [7, 11) is 0. The molecule has 1 heterocycles. The SMILES string of the molecule is Brc1nccc(I)n1. The quantitative estimate of drug-likeness (QED) is 0.413. The predicted molar refractivity (Wildman–Crippen MR) is 42.4 cm³/mol. The monoisotopic (exact) mass is 284 g/mol. The molecule has 0 aliphatic heterocycles. The molecular formula is C4H2BrIN2. The van der Waals surface area contributed by atoms with Gasteiger partial charge in [-0.1, -0.05) is 0 Å². The highest BCUT2D eigenvalue weighted by molar-refractivity contribution is 14.1. The van der Waals surface area contributed by atoms with Crippen LogP contribution in [-0.4, -0.2) is 9.97 Å². The molecule has 0 unspecified atom stereocenters. The van der Waals surface area contributed by atoms with Gasteiger partial charge in [0.1, 0.15) is 3.70 Å². The van der Waals surface area contributed by atoms with E-state index in [1.807, 2.05) is 6.07 Å². The van der Waals surface area contributed by atoms with Crippen LogP contribution in [0.15, 0.2) is 17.0 Å². The van der Waals surface area contributed by atoms with Crippen molar-refractivity contribution < 1.29 is 0 Å². The van der Waals surface area contributed by atoms with Gasteiger partial charge < -0.3 is 0 Å². The molecule has 1 aromatic rings. The van der Waals surface area contributed by atoms with Crippen LogP contribution in [0, 0.1) is 3.70 Å². The largest absolute Gasteiger partial charge is 0.231 e. The normalized spacial score (nSPS) is 9.25. The van der Waals surface area contributed by atoms with Gasteiger partial charge in [-0.25, -0.2) is 9.97 Å². The Balaban J connectivity index is 3.08. The van der Waals surface area contributed by atoms with Crippen LogP contribution in [0.4, 0.5) is 0 Å². The fourth-order valence-corrected chi connectivity index (χ4v) is 1.34. The number of hydrogen-bond acceptors (Lipinski definition) is 2. The number of aromatic nitrogens is 2. The lowest BCUT2D eigenvalue weighted by molar-refractivity contribution is 1.08. The Labute approximate surface area is 69.0 Å². The summed E-state index contributed by atoms with van der Waals surface area (Å²) >= 11 is 5.26. The molecule has 42 valence electrons. The predicted octanol–water partition coefficient (Wildman–Crippen LogP) is 1.84. The first-order chi connectivity index (χ1) is 3.79. The summed E-state index contributed by atoms with van der Waals surface area (Å²) in [5.74, 6) is 0. The van der Waals surface area contributed by atoms with Gasteiger partial charge in [-0.3, -0.25) is 0 Å². The fraction of sp³-hybridized carbons (Fsp3) is 0. The molecule has 0 spiro atoms. The number of halogens is 2. The van der Waals surface area contributed by atoms with Gasteiger partial charge in [-0.05, 0) is 44.6 Å². The van der Waals surface area contributed by atoms with E-state index in [2.05, 4.69) is 48.5 Å². The molecule has 2 nitrogen and oxygen atoms in total. The molecule has 0 saturated carbocycles. The highest BCUT2D eigenvalue weighted by atomic mass is 127. The van der Waals surface area contributed by atoms with Crippen molar-refractivity contribution in [2.75, 3.05) is 0 Å². The second kappa shape index (κ2) is 2.72. The van der Waals surface area contributed by atoms with E-state index in [1.54, 1.807) is 6.20 Å². The van der Waals surface area contributed by atoms with Crippen LogP contribution in [0.2, 0.25) is 0 Å². The number of nitrogens with zero attached hydrogens (tertiary/aromatic N) is 2. The van der Waals surface area contributed by atoms with Crippen LogP contribution in [0.5, 0.6) is 0 Å². The van der Waals surface area contributed by atoms with Gasteiger partial charge in [0.2, 0.25) is 0 Å². The molecule has 0 aliphatic rings. The second-order valence-electron chi connectivity index (χ2n) is 1.15. The van der Waals surface area contributed by atoms with Crippen LogP contribution in [0.3, 0.4) is 0 Å². The Kier molecular flexibility index (Phi) is 2.18. The zero-order valence-electron chi connectivity index (χ0n) is 3.81. The first kappa shape index (κ1) is 6.41. The molecule has 0 atom stereocenters. The maximum Gasteiger partial charge on any atom is 0.197 e. The van der Waals surface area contributed by atoms with E-state index < -0.39 is 0 Å². The maximum atomic E-state index is 3.97. The highest BCUT2D eigenvalue weighted by Crippen LogP contribution is 2.03. The second-order valence-corrected chi connectivity index (χ2v) is 2.96. The summed E-state index contributed by atoms with van der Waals surface area (Å²) in [6, 6.07) is 1.84. The third-order valence-corrected chi connectivity index (χ3v) is 1.58. The third kappa shape index (κ3) is 1.66. The Bertz CT molecular complexity index is 174. The van der Waals surface area contributed by atoms with Crippen molar-refractivity contribution >= 4 is 38.5 Å². The van der Waals surface area contributed by atoms with Crippen molar-refractivity contribution in [3.63, 3.8) is 0 Å². The van der Waals surface area contributed by atoms with Crippen molar-refractivity contribution in [2.45, 2.75) is 0 Å². The highest BCUT2D eigenvalue weighted by Gasteiger charge is 1.87. The zero-order valence-corrected chi connectivity index (χ0v) is 7.55. The topological polar surface area (TPSA) is 25.8 Å². The molecule has 0 radical (unpaired) electrons. The molecule has 0 fully saturated rings. The number of hydrogen-bond donors (Lipinski definition) is 0. The van der Waals surface area contributed by atoms with Crippen molar-refractivity contribution in [3.8, 4) is 0 Å². The molecular weight excluding hydrogens is 283 g/mol. The summed E-state index contributed by atoms with van der Waals surface area (Å²) in [5, 5.41) is 0. The molecule has 0 amide bonds. The van der Waals surface area contributed by atoms with Crippen LogP contribution < -0.4 is 0 Å². The summed E-state index contributed by atoms with van der Waals surface area (Å²) in [4.78, 5) is 7.81. The van der Waals surface area contributed by atoms with Crippen molar-refractivity contribution in [3.05, 3.63) is 20.7 Å². The van der Waals surface area contributed by atoms with Crippen molar-refractivity contribution in [1.82, 2.24) is 9.97 Å². The Morgan fingerprint density at radius 2 is 2.38 bits per heavy atom. The van der Waals surface area contributed by atoms with Crippen LogP contribution in [0.25, 0.3) is 0 Å². The van der Waals surface area contributed by atoms with E-state index in [9.17, 15) is 0 Å². The molecule has 0 saturated heterocycles. The van der Waals surface area contributed by atoms with Crippen molar-refractivity contribution in [2.24, 2.45) is 0 Å². The molecule has 8 heavy (non-hydrogen) atoms. The summed E-state index contributed by atoms with van der Waals surface area (Å²) in [6.07, 6.45) is 1.71. The van der Waals surface area contributed by atoms with Gasteiger partial charge >= 0.3 is 0 Å². The summed E-state index contributed by atoms with van der Waals surface area (Å²) < 4.78 is 1.59. The molecule has 1 rings (SSSR count). The minimum atomic E-state index is 0.643. The van der Waals surface area contributed by atoms with Crippen LogP contribution in [-0.2, 0) is 0 Å². The average Bonchev–Trinajstić information content (AvgIpc) is 1.64. The molecule has 0 aromatic carbocycles. The van der Waals surface area contributed by atoms with Gasteiger partial charge in [0.05, 0.1) is 0 Å². The van der Waals surface area contributed by atoms with E-state index in [0.29, 0.717) is 4.73 Å². The minimum absolute atomic E-state index is 0.643. The Hall–Kier alpha value is 0.290. The average molecular weight is 285 g/mol. The van der Waals surface area contributed by atoms with Crippen LogP contribution >= 0.6 is 38.5 Å². The van der Waals surface area contributed by atoms with Gasteiger partial charge in [0.25, 0.3) is 0 Å². The van der Waals surface area contributed by atoms with Gasteiger partial charge in [0.15, 0.2) is 4.73 Å². The zero-order chi connectivity index (χ0) is 5.98. The van der Waals surface area contributed by atoms with E-state index in [4.69, 9.17) is 0 Å². The lowest BCUT2D eigenvalue weighted by Crippen LogP contribution is -1.82. The van der Waals surface area contributed by atoms with Gasteiger partial charge in [-0.2, -0.15) is 0 Å². The Morgan fingerprint density at radius 1 is 1.62 bits per heavy atom. The first-order valence-electron chi connectivity index (χ1n) is 1.93. The molecule has 0 bridgehead atoms. The van der Waals surface area contributed by atoms with E-state index in [-0.39, 0.29) is 0 Å². The lowest BCUT2D eigenvalue weighted by atomic mass is 10.7. The van der Waals surface area contributed by atoms with Gasteiger partial charge in [-0.15, -0.1) is 0 Å². The lowest BCUT2D eigenvalue weighted by Gasteiger charge is -1.86. The summed E-state index contributed by atoms with van der Waals surface area (Å²) in [6.45, 7) is 0. The van der Waals surface area contributed by atoms with Crippen molar-refractivity contribution in [1.29, 1.82) is 0 Å². The smallest absolute Gasteiger partial charge is 0.197 e. The summed E-state index contributed by atoms with van der Waals surface area (Å²) in [5.41, 5.74) is 0. The molecule has 1 aromatic heterocycles. The molecule has 4 heteroatoms. The number of rotatable bonds is 0.